The van der Waals surface area contributed by atoms with Gasteiger partial charge in [0.2, 0.25) is 0 Å². The van der Waals surface area contributed by atoms with E-state index in [4.69, 9.17) is 4.98 Å². The molecule has 0 spiro atoms. The van der Waals surface area contributed by atoms with Crippen LogP contribution in [-0.4, -0.2) is 56.7 Å². The van der Waals surface area contributed by atoms with Gasteiger partial charge in [0.1, 0.15) is 23.3 Å². The topological polar surface area (TPSA) is 67.2 Å². The fourth-order valence-electron chi connectivity index (χ4n) is 4.18. The van der Waals surface area contributed by atoms with E-state index in [2.05, 4.69) is 15.0 Å². The molecule has 9 heteroatoms. The number of fused-ring (bicyclic) bond motifs is 1. The van der Waals surface area contributed by atoms with E-state index in [0.717, 1.165) is 16.9 Å². The molecule has 5 rings (SSSR count). The first-order valence-electron chi connectivity index (χ1n) is 10.7. The molecule has 168 valence electrons. The Hall–Kier alpha value is -3.88. The maximum Gasteiger partial charge on any atom is 0.254 e. The number of aryl methyl sites for hydroxylation is 2. The van der Waals surface area contributed by atoms with Gasteiger partial charge < -0.3 is 9.80 Å². The summed E-state index contributed by atoms with van der Waals surface area (Å²) in [4.78, 5) is 25.9. The number of carbonyl (C=O) groups is 1. The largest absolute Gasteiger partial charge is 0.352 e. The lowest BCUT2D eigenvalue weighted by molar-refractivity contribution is 0.0746. The van der Waals surface area contributed by atoms with Crippen LogP contribution in [0.5, 0.6) is 0 Å². The van der Waals surface area contributed by atoms with Gasteiger partial charge in [-0.1, -0.05) is 6.07 Å². The molecular weight excluding hydrogens is 426 g/mol. The second-order valence-corrected chi connectivity index (χ2v) is 8.06. The van der Waals surface area contributed by atoms with Crippen molar-refractivity contribution in [2.45, 2.75) is 13.8 Å². The SMILES string of the molecule is Cc1nc(N2CCN(C(=O)c3cccc(F)c3)CC2)c2c(C)nn(-c3ccc(F)cc3)c2n1. The van der Waals surface area contributed by atoms with E-state index < -0.39 is 5.82 Å². The van der Waals surface area contributed by atoms with Crippen molar-refractivity contribution in [3.8, 4) is 5.69 Å². The van der Waals surface area contributed by atoms with Crippen molar-refractivity contribution in [3.63, 3.8) is 0 Å². The van der Waals surface area contributed by atoms with Crippen molar-refractivity contribution in [2.24, 2.45) is 0 Å². The monoisotopic (exact) mass is 448 g/mol. The lowest BCUT2D eigenvalue weighted by atomic mass is 10.1. The third-order valence-electron chi connectivity index (χ3n) is 5.80. The van der Waals surface area contributed by atoms with Gasteiger partial charge in [-0.15, -0.1) is 0 Å². The first kappa shape index (κ1) is 21.0. The summed E-state index contributed by atoms with van der Waals surface area (Å²) >= 11 is 0. The van der Waals surface area contributed by atoms with Crippen LogP contribution >= 0.6 is 0 Å². The van der Waals surface area contributed by atoms with Gasteiger partial charge in [-0.2, -0.15) is 5.10 Å². The Labute approximate surface area is 189 Å². The second-order valence-electron chi connectivity index (χ2n) is 8.06. The Bertz CT molecular complexity index is 1340. The molecule has 0 radical (unpaired) electrons. The Morgan fingerprint density at radius 3 is 2.33 bits per heavy atom. The summed E-state index contributed by atoms with van der Waals surface area (Å²) in [6, 6.07) is 11.9. The van der Waals surface area contributed by atoms with Gasteiger partial charge in [-0.05, 0) is 56.3 Å². The Kier molecular flexibility index (Phi) is 5.24. The normalized spacial score (nSPS) is 14.2. The molecular formula is C24H22F2N6O. The highest BCUT2D eigenvalue weighted by atomic mass is 19.1. The Morgan fingerprint density at radius 2 is 1.64 bits per heavy atom. The fourth-order valence-corrected chi connectivity index (χ4v) is 4.18. The number of aromatic nitrogens is 4. The first-order chi connectivity index (χ1) is 15.9. The zero-order valence-corrected chi connectivity index (χ0v) is 18.3. The maximum absolute atomic E-state index is 13.5. The van der Waals surface area contributed by atoms with Crippen LogP contribution in [0.2, 0.25) is 0 Å². The van der Waals surface area contributed by atoms with Crippen molar-refractivity contribution < 1.29 is 13.6 Å². The predicted molar refractivity (Wildman–Crippen MR) is 121 cm³/mol. The minimum absolute atomic E-state index is 0.182. The highest BCUT2D eigenvalue weighted by Gasteiger charge is 2.26. The van der Waals surface area contributed by atoms with Crippen LogP contribution in [-0.2, 0) is 0 Å². The predicted octanol–water partition coefficient (Wildman–Crippen LogP) is 3.67. The minimum atomic E-state index is -0.424. The molecule has 0 saturated carbocycles. The summed E-state index contributed by atoms with van der Waals surface area (Å²) in [5.41, 5.74) is 2.48. The standard InChI is InChI=1S/C24H22F2N6O/c1-15-21-22(27-16(2)28-23(21)32(29-15)20-8-6-18(25)7-9-20)30-10-12-31(13-11-30)24(33)17-4-3-5-19(26)14-17/h3-9,14H,10-13H2,1-2H3. The summed E-state index contributed by atoms with van der Waals surface area (Å²) in [5, 5.41) is 5.47. The van der Waals surface area contributed by atoms with Crippen molar-refractivity contribution in [1.29, 1.82) is 0 Å². The van der Waals surface area contributed by atoms with Crippen molar-refractivity contribution >= 4 is 22.8 Å². The molecule has 2 aromatic heterocycles. The van der Waals surface area contributed by atoms with Gasteiger partial charge in [-0.3, -0.25) is 4.79 Å². The average Bonchev–Trinajstić information content (AvgIpc) is 3.14. The number of hydrogen-bond donors (Lipinski definition) is 0. The lowest BCUT2D eigenvalue weighted by Gasteiger charge is -2.35. The van der Waals surface area contributed by atoms with Crippen LogP contribution in [0.3, 0.4) is 0 Å². The number of hydrogen-bond acceptors (Lipinski definition) is 5. The number of halogens is 2. The van der Waals surface area contributed by atoms with Gasteiger partial charge in [0, 0.05) is 31.7 Å². The number of anilines is 1. The molecule has 4 aromatic rings. The Morgan fingerprint density at radius 1 is 0.909 bits per heavy atom. The van der Waals surface area contributed by atoms with Crippen molar-refractivity contribution in [1.82, 2.24) is 24.6 Å². The van der Waals surface area contributed by atoms with E-state index in [1.54, 1.807) is 33.8 Å². The molecule has 33 heavy (non-hydrogen) atoms. The van der Waals surface area contributed by atoms with Crippen LogP contribution < -0.4 is 4.90 Å². The second kappa shape index (κ2) is 8.23. The molecule has 1 amide bonds. The molecule has 1 fully saturated rings. The molecule has 1 aliphatic rings. The highest BCUT2D eigenvalue weighted by Crippen LogP contribution is 2.29. The van der Waals surface area contributed by atoms with Gasteiger partial charge in [0.15, 0.2) is 5.65 Å². The molecule has 0 atom stereocenters. The molecule has 2 aromatic carbocycles. The van der Waals surface area contributed by atoms with Crippen LogP contribution in [0.25, 0.3) is 16.7 Å². The van der Waals surface area contributed by atoms with Crippen LogP contribution in [0.15, 0.2) is 48.5 Å². The van der Waals surface area contributed by atoms with Gasteiger partial charge >= 0.3 is 0 Å². The average molecular weight is 448 g/mol. The summed E-state index contributed by atoms with van der Waals surface area (Å²) in [7, 11) is 0. The van der Waals surface area contributed by atoms with Crippen molar-refractivity contribution in [2.75, 3.05) is 31.1 Å². The van der Waals surface area contributed by atoms with Crippen molar-refractivity contribution in [3.05, 3.63) is 77.2 Å². The smallest absolute Gasteiger partial charge is 0.254 e. The minimum Gasteiger partial charge on any atom is -0.352 e. The molecule has 0 bridgehead atoms. The van der Waals surface area contributed by atoms with E-state index in [0.29, 0.717) is 48.9 Å². The highest BCUT2D eigenvalue weighted by molar-refractivity contribution is 5.95. The number of amides is 1. The quantitative estimate of drug-likeness (QED) is 0.479. The number of rotatable bonds is 3. The summed E-state index contributed by atoms with van der Waals surface area (Å²) in [6.07, 6.45) is 0. The van der Waals surface area contributed by atoms with Gasteiger partial charge in [-0.25, -0.2) is 23.4 Å². The van der Waals surface area contributed by atoms with Gasteiger partial charge in [0.05, 0.1) is 16.8 Å². The van der Waals surface area contributed by atoms with E-state index >= 15 is 0 Å². The summed E-state index contributed by atoms with van der Waals surface area (Å²) in [5.74, 6) is 0.440. The van der Waals surface area contributed by atoms with E-state index in [1.165, 1.54) is 24.3 Å². The molecule has 7 nitrogen and oxygen atoms in total. The summed E-state index contributed by atoms with van der Waals surface area (Å²) < 4.78 is 28.6. The zero-order valence-electron chi connectivity index (χ0n) is 18.3. The maximum atomic E-state index is 13.5. The number of carbonyl (C=O) groups excluding carboxylic acids is 1. The van der Waals surface area contributed by atoms with E-state index in [1.807, 2.05) is 13.8 Å². The third-order valence-corrected chi connectivity index (χ3v) is 5.80. The number of benzene rings is 2. The van der Waals surface area contributed by atoms with Crippen LogP contribution in [0, 0.1) is 25.5 Å². The number of nitrogens with zero attached hydrogens (tertiary/aromatic N) is 6. The molecule has 1 aliphatic heterocycles. The molecule has 3 heterocycles. The Balaban J connectivity index is 1.44. The zero-order chi connectivity index (χ0) is 23.1. The molecule has 0 N–H and O–H groups in total. The van der Waals surface area contributed by atoms with E-state index in [9.17, 15) is 13.6 Å². The molecule has 0 unspecified atom stereocenters. The van der Waals surface area contributed by atoms with Gasteiger partial charge in [0.25, 0.3) is 5.91 Å². The lowest BCUT2D eigenvalue weighted by Crippen LogP contribution is -2.49. The fraction of sp³-hybridized carbons (Fsp3) is 0.250. The van der Waals surface area contributed by atoms with Crippen LogP contribution in [0.4, 0.5) is 14.6 Å². The summed E-state index contributed by atoms with van der Waals surface area (Å²) in [6.45, 7) is 5.86. The number of piperazine rings is 1. The first-order valence-corrected chi connectivity index (χ1v) is 10.7. The van der Waals surface area contributed by atoms with Crippen LogP contribution in [0.1, 0.15) is 21.9 Å². The van der Waals surface area contributed by atoms with E-state index in [-0.39, 0.29) is 11.7 Å². The molecule has 0 aliphatic carbocycles. The molecule has 1 saturated heterocycles. The third kappa shape index (κ3) is 3.90.